The van der Waals surface area contributed by atoms with Crippen LogP contribution in [0.2, 0.25) is 0 Å². The summed E-state index contributed by atoms with van der Waals surface area (Å²) < 4.78 is 0. The second-order valence-electron chi connectivity index (χ2n) is 6.04. The predicted molar refractivity (Wildman–Crippen MR) is 97.8 cm³/mol. The van der Waals surface area contributed by atoms with Crippen LogP contribution in [0.4, 0.5) is 0 Å². The monoisotopic (exact) mass is 327 g/mol. The lowest BCUT2D eigenvalue weighted by Gasteiger charge is -1.97. The fourth-order valence-corrected chi connectivity index (χ4v) is 3.35. The van der Waals surface area contributed by atoms with Crippen molar-refractivity contribution in [2.24, 2.45) is 4.99 Å². The first-order valence-electron chi connectivity index (χ1n) is 7.92. The smallest absolute Gasteiger partial charge is 0.278 e. The number of para-hydroxylation sites is 1. The minimum Gasteiger partial charge on any atom is -0.508 e. The number of phenolic OH excluding ortho intramolecular Hbond substituents is 1. The lowest BCUT2D eigenvalue weighted by atomic mass is 10.0. The first-order valence-corrected chi connectivity index (χ1v) is 7.92. The molecule has 3 N–H and O–H groups in total. The van der Waals surface area contributed by atoms with Crippen molar-refractivity contribution in [2.45, 2.75) is 0 Å². The van der Waals surface area contributed by atoms with E-state index in [-0.39, 0.29) is 11.7 Å². The molecule has 25 heavy (non-hydrogen) atoms. The molecule has 2 aromatic carbocycles. The maximum absolute atomic E-state index is 12.5. The van der Waals surface area contributed by atoms with Gasteiger partial charge in [-0.05, 0) is 30.3 Å². The summed E-state index contributed by atoms with van der Waals surface area (Å²) in [6, 6.07) is 13.0. The van der Waals surface area contributed by atoms with Crippen molar-refractivity contribution in [1.82, 2.24) is 9.97 Å². The first kappa shape index (κ1) is 13.8. The van der Waals surface area contributed by atoms with Crippen molar-refractivity contribution in [3.8, 4) is 5.75 Å². The molecular formula is C20H13N3O2. The lowest BCUT2D eigenvalue weighted by Crippen LogP contribution is -1.93. The van der Waals surface area contributed by atoms with E-state index in [0.717, 1.165) is 32.9 Å². The fraction of sp³-hybridized carbons (Fsp3) is 0. The number of hydrogen-bond donors (Lipinski definition) is 3. The molecule has 0 saturated carbocycles. The summed E-state index contributed by atoms with van der Waals surface area (Å²) in [6.07, 6.45) is 5.46. The number of allylic oxidation sites excluding steroid dienone is 1. The van der Waals surface area contributed by atoms with Crippen molar-refractivity contribution in [1.29, 1.82) is 0 Å². The number of rotatable bonds is 2. The number of nitrogens with one attached hydrogen (secondary N) is 2. The number of aromatic amines is 2. The van der Waals surface area contributed by atoms with Gasteiger partial charge in [-0.15, -0.1) is 0 Å². The minimum absolute atomic E-state index is 0.180. The minimum atomic E-state index is -0.255. The predicted octanol–water partition coefficient (Wildman–Crippen LogP) is 3.77. The van der Waals surface area contributed by atoms with Gasteiger partial charge in [-0.2, -0.15) is 0 Å². The molecule has 5 nitrogen and oxygen atoms in total. The van der Waals surface area contributed by atoms with Gasteiger partial charge in [0.05, 0.1) is 11.3 Å². The summed E-state index contributed by atoms with van der Waals surface area (Å²) in [5.41, 5.74) is 4.69. The average Bonchev–Trinajstić information content (AvgIpc) is 3.30. The maximum Gasteiger partial charge on any atom is 0.278 e. The van der Waals surface area contributed by atoms with Crippen LogP contribution in [0.1, 0.15) is 11.1 Å². The molecule has 1 amide bonds. The number of aliphatic imine (C=N–C) groups is 1. The van der Waals surface area contributed by atoms with Crippen LogP contribution in [0.3, 0.4) is 0 Å². The molecule has 4 aromatic rings. The molecule has 120 valence electrons. The summed E-state index contributed by atoms with van der Waals surface area (Å²) >= 11 is 0. The summed E-state index contributed by atoms with van der Waals surface area (Å²) in [6.45, 7) is 0. The Bertz CT molecular complexity index is 1220. The van der Waals surface area contributed by atoms with Gasteiger partial charge < -0.3 is 15.1 Å². The SMILES string of the molecule is O=C1N=C(c2c[nH]c3ccc(O)cc23)C=C1c1c[nH]c2ccccc12. The molecule has 2 aromatic heterocycles. The number of phenols is 1. The number of carbonyl (C=O) groups is 1. The van der Waals surface area contributed by atoms with E-state index < -0.39 is 0 Å². The van der Waals surface area contributed by atoms with Crippen LogP contribution in [0.25, 0.3) is 27.4 Å². The van der Waals surface area contributed by atoms with E-state index in [2.05, 4.69) is 15.0 Å². The number of aromatic nitrogens is 2. The van der Waals surface area contributed by atoms with Gasteiger partial charge in [0.2, 0.25) is 0 Å². The zero-order valence-electron chi connectivity index (χ0n) is 13.1. The van der Waals surface area contributed by atoms with Gasteiger partial charge in [-0.25, -0.2) is 4.99 Å². The summed E-state index contributed by atoms with van der Waals surface area (Å²) in [7, 11) is 0. The summed E-state index contributed by atoms with van der Waals surface area (Å²) in [5.74, 6) is -0.0756. The molecule has 0 radical (unpaired) electrons. The van der Waals surface area contributed by atoms with Crippen LogP contribution in [0.15, 0.2) is 65.9 Å². The topological polar surface area (TPSA) is 81.2 Å². The van der Waals surface area contributed by atoms with Crippen LogP contribution < -0.4 is 0 Å². The molecule has 5 rings (SSSR count). The molecule has 5 heteroatoms. The molecule has 0 bridgehead atoms. The molecule has 0 atom stereocenters. The number of carbonyl (C=O) groups excluding carboxylic acids is 1. The normalized spacial score (nSPS) is 14.3. The second kappa shape index (κ2) is 4.95. The molecule has 0 fully saturated rings. The highest BCUT2D eigenvalue weighted by molar-refractivity contribution is 6.38. The largest absolute Gasteiger partial charge is 0.508 e. The van der Waals surface area contributed by atoms with E-state index >= 15 is 0 Å². The standard InChI is InChI=1S/C20H13N3O2/c24-11-5-6-18-13(7-11)16(10-22-18)19-8-14(20(25)23-19)15-9-21-17-4-2-1-3-12(15)17/h1-10,21-22,24H. The number of hydrogen-bond acceptors (Lipinski definition) is 2. The Morgan fingerprint density at radius 1 is 0.880 bits per heavy atom. The van der Waals surface area contributed by atoms with Crippen molar-refractivity contribution < 1.29 is 9.90 Å². The van der Waals surface area contributed by atoms with Crippen LogP contribution >= 0.6 is 0 Å². The van der Waals surface area contributed by atoms with Gasteiger partial charge in [0.25, 0.3) is 5.91 Å². The van der Waals surface area contributed by atoms with Crippen molar-refractivity contribution >= 4 is 39.0 Å². The fourth-order valence-electron chi connectivity index (χ4n) is 3.35. The summed E-state index contributed by atoms with van der Waals surface area (Å²) in [4.78, 5) is 23.1. The molecule has 1 aliphatic heterocycles. The zero-order chi connectivity index (χ0) is 17.0. The van der Waals surface area contributed by atoms with Gasteiger partial charge >= 0.3 is 0 Å². The highest BCUT2D eigenvalue weighted by Gasteiger charge is 2.24. The highest BCUT2D eigenvalue weighted by Crippen LogP contribution is 2.31. The van der Waals surface area contributed by atoms with Crippen molar-refractivity contribution in [3.63, 3.8) is 0 Å². The van der Waals surface area contributed by atoms with E-state index in [1.165, 1.54) is 0 Å². The maximum atomic E-state index is 12.5. The quantitative estimate of drug-likeness (QED) is 0.524. The first-order chi connectivity index (χ1) is 12.2. The van der Waals surface area contributed by atoms with Gasteiger partial charge in [0.1, 0.15) is 5.75 Å². The summed E-state index contributed by atoms with van der Waals surface area (Å²) in [5, 5.41) is 11.6. The van der Waals surface area contributed by atoms with Crippen molar-refractivity contribution in [3.05, 3.63) is 72.1 Å². The van der Waals surface area contributed by atoms with E-state index in [4.69, 9.17) is 0 Å². The second-order valence-corrected chi connectivity index (χ2v) is 6.04. The Balaban J connectivity index is 1.65. The van der Waals surface area contributed by atoms with E-state index in [1.54, 1.807) is 18.2 Å². The Hall–Kier alpha value is -3.60. The number of fused-ring (bicyclic) bond motifs is 2. The average molecular weight is 327 g/mol. The number of amides is 1. The molecule has 1 aliphatic rings. The third kappa shape index (κ3) is 2.03. The third-order valence-corrected chi connectivity index (χ3v) is 4.55. The van der Waals surface area contributed by atoms with Gasteiger partial charge in [-0.3, -0.25) is 4.79 Å². The van der Waals surface area contributed by atoms with Crippen LogP contribution in [0, 0.1) is 0 Å². The Morgan fingerprint density at radius 2 is 1.64 bits per heavy atom. The number of aromatic hydroxyl groups is 1. The zero-order valence-corrected chi connectivity index (χ0v) is 13.1. The van der Waals surface area contributed by atoms with Crippen LogP contribution in [0.5, 0.6) is 5.75 Å². The lowest BCUT2D eigenvalue weighted by molar-refractivity contribution is -0.112. The van der Waals surface area contributed by atoms with Crippen molar-refractivity contribution in [2.75, 3.05) is 0 Å². The number of nitrogens with zero attached hydrogens (tertiary/aromatic N) is 1. The molecule has 0 saturated heterocycles. The number of H-pyrrole nitrogens is 2. The van der Waals surface area contributed by atoms with E-state index in [0.29, 0.717) is 11.3 Å². The van der Waals surface area contributed by atoms with E-state index in [1.807, 2.05) is 42.7 Å². The molecular weight excluding hydrogens is 314 g/mol. The van der Waals surface area contributed by atoms with Gasteiger partial charge in [0.15, 0.2) is 0 Å². The molecule has 0 aliphatic carbocycles. The molecule has 0 unspecified atom stereocenters. The third-order valence-electron chi connectivity index (χ3n) is 4.55. The van der Waals surface area contributed by atoms with Gasteiger partial charge in [0, 0.05) is 45.3 Å². The molecule has 3 heterocycles. The Morgan fingerprint density at radius 3 is 2.52 bits per heavy atom. The number of benzene rings is 2. The Kier molecular flexibility index (Phi) is 2.73. The molecule has 0 spiro atoms. The van der Waals surface area contributed by atoms with Crippen LogP contribution in [-0.4, -0.2) is 26.7 Å². The van der Waals surface area contributed by atoms with E-state index in [9.17, 15) is 9.90 Å². The van der Waals surface area contributed by atoms with Gasteiger partial charge in [-0.1, -0.05) is 18.2 Å². The Labute approximate surface area is 142 Å². The highest BCUT2D eigenvalue weighted by atomic mass is 16.3. The van der Waals surface area contributed by atoms with Crippen LogP contribution in [-0.2, 0) is 4.79 Å².